The molecule has 0 saturated heterocycles. The van der Waals surface area contributed by atoms with Crippen molar-refractivity contribution < 1.29 is 13.5 Å². The molecule has 2 aromatic rings. The second-order valence-electron chi connectivity index (χ2n) is 7.14. The van der Waals surface area contributed by atoms with Gasteiger partial charge in [-0.2, -0.15) is 0 Å². The average Bonchev–Trinajstić information content (AvgIpc) is 3.42. The summed E-state index contributed by atoms with van der Waals surface area (Å²) >= 11 is 7.66. The van der Waals surface area contributed by atoms with E-state index in [-0.39, 0.29) is 11.9 Å². The lowest BCUT2D eigenvalue weighted by molar-refractivity contribution is 0.0955. The van der Waals surface area contributed by atoms with E-state index in [4.69, 9.17) is 21.9 Å². The minimum absolute atomic E-state index is 0.239. The first-order valence-electron chi connectivity index (χ1n) is 10.2. The van der Waals surface area contributed by atoms with Gasteiger partial charge in [0.1, 0.15) is 16.8 Å². The summed E-state index contributed by atoms with van der Waals surface area (Å²) in [7, 11) is -1.11. The number of nitrogens with two attached hydrogens (primary N) is 1. The normalized spacial score (nSPS) is 22.7. The summed E-state index contributed by atoms with van der Waals surface area (Å²) in [6.07, 6.45) is 7.89. The standard InChI is InChI=1S/C18H21ClN4O3S2.C2H6/c19-12-6-14(16(24)21-7-11-8-22-26-9-11)27-15(12)13-10-28(25)18(17(20)23-13)4-2-1-3-5-18;1-2/h6,8-9,13H,1-5,7,10H2,(H2,20,23)(H,21,24);1-2H3/t13-,28?;/m0./s1. The Morgan fingerprint density at radius 2 is 2.13 bits per heavy atom. The fourth-order valence-corrected chi connectivity index (χ4v) is 7.19. The van der Waals surface area contributed by atoms with E-state index in [1.165, 1.54) is 17.6 Å². The van der Waals surface area contributed by atoms with Gasteiger partial charge in [-0.1, -0.05) is 49.9 Å². The van der Waals surface area contributed by atoms with Gasteiger partial charge in [-0.15, -0.1) is 11.3 Å². The van der Waals surface area contributed by atoms with E-state index in [9.17, 15) is 9.00 Å². The van der Waals surface area contributed by atoms with Crippen molar-refractivity contribution in [2.45, 2.75) is 63.3 Å². The molecule has 1 saturated carbocycles. The zero-order valence-corrected chi connectivity index (χ0v) is 19.5. The Labute approximate surface area is 187 Å². The van der Waals surface area contributed by atoms with E-state index in [0.29, 0.717) is 28.0 Å². The van der Waals surface area contributed by atoms with E-state index in [1.54, 1.807) is 12.3 Å². The third kappa shape index (κ3) is 4.63. The molecule has 0 aromatic carbocycles. The molecular weight excluding hydrogens is 444 g/mol. The van der Waals surface area contributed by atoms with Crippen LogP contribution in [0.5, 0.6) is 0 Å². The maximum absolute atomic E-state index is 13.1. The summed E-state index contributed by atoms with van der Waals surface area (Å²) in [6, 6.07) is 1.26. The highest BCUT2D eigenvalue weighted by Crippen LogP contribution is 2.42. The zero-order valence-electron chi connectivity index (χ0n) is 17.2. The number of rotatable bonds is 4. The number of carbonyl (C=O) groups is 1. The van der Waals surface area contributed by atoms with Gasteiger partial charge >= 0.3 is 0 Å². The molecule has 10 heteroatoms. The summed E-state index contributed by atoms with van der Waals surface area (Å²) in [4.78, 5) is 18.3. The number of hydrogen-bond acceptors (Lipinski definition) is 7. The molecule has 3 heterocycles. The summed E-state index contributed by atoms with van der Waals surface area (Å²) in [6.45, 7) is 4.31. The molecule has 1 aliphatic heterocycles. The molecule has 2 aromatic heterocycles. The number of aliphatic imine (C=N–C) groups is 1. The largest absolute Gasteiger partial charge is 0.386 e. The van der Waals surface area contributed by atoms with Crippen LogP contribution in [0.1, 0.15) is 72.1 Å². The van der Waals surface area contributed by atoms with Crippen LogP contribution in [0.15, 0.2) is 28.0 Å². The number of halogens is 1. The van der Waals surface area contributed by atoms with Gasteiger partial charge in [0.2, 0.25) is 0 Å². The fourth-order valence-electron chi connectivity index (χ4n) is 3.79. The number of amidine groups is 1. The first kappa shape index (κ1) is 23.0. The van der Waals surface area contributed by atoms with Crippen LogP contribution in [0.3, 0.4) is 0 Å². The van der Waals surface area contributed by atoms with Crippen molar-refractivity contribution in [3.63, 3.8) is 0 Å². The predicted octanol–water partition coefficient (Wildman–Crippen LogP) is 4.21. The Balaban J connectivity index is 0.00000124. The SMILES string of the molecule is CC.NC1=N[C@H](c2sc(C(=O)NCc3cnoc3)cc2Cl)CS(=O)C12CCCCC2. The van der Waals surface area contributed by atoms with Gasteiger partial charge in [-0.3, -0.25) is 14.0 Å². The number of hydrogen-bond donors (Lipinski definition) is 2. The molecule has 0 bridgehead atoms. The van der Waals surface area contributed by atoms with Crippen molar-refractivity contribution in [2.75, 3.05) is 5.75 Å². The van der Waals surface area contributed by atoms with Crippen LogP contribution in [0.4, 0.5) is 0 Å². The summed E-state index contributed by atoms with van der Waals surface area (Å²) in [5, 5.41) is 6.86. The molecule has 1 unspecified atom stereocenters. The summed E-state index contributed by atoms with van der Waals surface area (Å²) < 4.78 is 17.3. The first-order valence-corrected chi connectivity index (χ1v) is 12.7. The van der Waals surface area contributed by atoms with E-state index in [0.717, 1.165) is 42.5 Å². The molecule has 30 heavy (non-hydrogen) atoms. The summed E-state index contributed by atoms with van der Waals surface area (Å²) in [5.74, 6) is 0.629. The molecule has 2 atom stereocenters. The van der Waals surface area contributed by atoms with Gasteiger partial charge in [0.05, 0.1) is 27.9 Å². The van der Waals surface area contributed by atoms with Crippen molar-refractivity contribution in [3.05, 3.63) is 38.9 Å². The highest BCUT2D eigenvalue weighted by atomic mass is 35.5. The van der Waals surface area contributed by atoms with Gasteiger partial charge in [0.15, 0.2) is 0 Å². The number of amides is 1. The maximum atomic E-state index is 13.1. The van der Waals surface area contributed by atoms with E-state index in [2.05, 4.69) is 15.5 Å². The van der Waals surface area contributed by atoms with Crippen molar-refractivity contribution in [1.29, 1.82) is 0 Å². The van der Waals surface area contributed by atoms with Crippen molar-refractivity contribution in [3.8, 4) is 0 Å². The predicted molar refractivity (Wildman–Crippen MR) is 122 cm³/mol. The smallest absolute Gasteiger partial charge is 0.261 e. The van der Waals surface area contributed by atoms with Crippen LogP contribution in [0.2, 0.25) is 5.02 Å². The van der Waals surface area contributed by atoms with Crippen molar-refractivity contribution >= 4 is 45.5 Å². The van der Waals surface area contributed by atoms with Gasteiger partial charge in [-0.25, -0.2) is 0 Å². The summed E-state index contributed by atoms with van der Waals surface area (Å²) in [5.41, 5.74) is 7.08. The quantitative estimate of drug-likeness (QED) is 0.695. The van der Waals surface area contributed by atoms with Gasteiger partial charge in [0, 0.05) is 27.8 Å². The molecule has 1 spiro atoms. The number of nitrogens with one attached hydrogen (secondary N) is 1. The minimum Gasteiger partial charge on any atom is -0.386 e. The number of carbonyl (C=O) groups excluding carboxylic acids is 1. The highest BCUT2D eigenvalue weighted by molar-refractivity contribution is 7.87. The average molecular weight is 471 g/mol. The highest BCUT2D eigenvalue weighted by Gasteiger charge is 2.46. The second-order valence-corrected chi connectivity index (χ2v) is 10.4. The number of nitrogens with zero attached hydrogens (tertiary/aromatic N) is 2. The Hall–Kier alpha value is -1.71. The third-order valence-corrected chi connectivity index (χ3v) is 9.11. The molecule has 4 rings (SSSR count). The lowest BCUT2D eigenvalue weighted by atomic mass is 9.87. The van der Waals surface area contributed by atoms with Crippen LogP contribution < -0.4 is 11.1 Å². The van der Waals surface area contributed by atoms with Crippen molar-refractivity contribution in [2.24, 2.45) is 10.7 Å². The van der Waals surface area contributed by atoms with Gasteiger partial charge in [0.25, 0.3) is 5.91 Å². The topological polar surface area (TPSA) is 111 Å². The lowest BCUT2D eigenvalue weighted by Crippen LogP contribution is -2.53. The molecule has 2 aliphatic rings. The van der Waals surface area contributed by atoms with E-state index in [1.807, 2.05) is 13.8 Å². The molecule has 164 valence electrons. The van der Waals surface area contributed by atoms with Gasteiger partial charge in [-0.05, 0) is 18.9 Å². The zero-order chi connectivity index (χ0) is 21.7. The Morgan fingerprint density at radius 3 is 2.77 bits per heavy atom. The lowest BCUT2D eigenvalue weighted by Gasteiger charge is -2.39. The molecule has 1 aliphatic carbocycles. The van der Waals surface area contributed by atoms with Crippen LogP contribution in [-0.4, -0.2) is 31.6 Å². The number of thiophene rings is 1. The third-order valence-electron chi connectivity index (χ3n) is 5.34. The molecule has 3 N–H and O–H groups in total. The van der Waals surface area contributed by atoms with Gasteiger partial charge < -0.3 is 15.6 Å². The monoisotopic (exact) mass is 470 g/mol. The van der Waals surface area contributed by atoms with Crippen LogP contribution >= 0.6 is 22.9 Å². The Kier molecular flexibility index (Phi) is 7.70. The number of aromatic nitrogens is 1. The van der Waals surface area contributed by atoms with Crippen molar-refractivity contribution in [1.82, 2.24) is 10.5 Å². The minimum atomic E-state index is -1.11. The second kappa shape index (κ2) is 10.1. The fraction of sp³-hybridized carbons (Fsp3) is 0.550. The van der Waals surface area contributed by atoms with E-state index < -0.39 is 15.5 Å². The van der Waals surface area contributed by atoms with Crippen LogP contribution in [0.25, 0.3) is 0 Å². The first-order chi connectivity index (χ1) is 14.5. The molecular formula is C20H27ClN4O3S2. The Bertz CT molecular complexity index is 921. The molecule has 0 radical (unpaired) electrons. The Morgan fingerprint density at radius 1 is 1.40 bits per heavy atom. The van der Waals surface area contributed by atoms with Crippen LogP contribution in [-0.2, 0) is 17.3 Å². The maximum Gasteiger partial charge on any atom is 0.261 e. The van der Waals surface area contributed by atoms with E-state index >= 15 is 0 Å². The molecule has 1 amide bonds. The molecule has 7 nitrogen and oxygen atoms in total. The molecule has 1 fully saturated rings. The van der Waals surface area contributed by atoms with Crippen LogP contribution in [0, 0.1) is 0 Å².